The number of nitrogens with one attached hydrogen (secondary N) is 1. The molecule has 0 saturated heterocycles. The number of nitrogens with zero attached hydrogens (tertiary/aromatic N) is 1. The first-order chi connectivity index (χ1) is 7.71. The van der Waals surface area contributed by atoms with Gasteiger partial charge in [-0.2, -0.15) is 5.26 Å². The molecule has 0 fully saturated rings. The zero-order chi connectivity index (χ0) is 12.0. The highest BCUT2D eigenvalue weighted by molar-refractivity contribution is 5.41. The first-order valence-electron chi connectivity index (χ1n) is 5.09. The third-order valence-corrected chi connectivity index (χ3v) is 2.13. The van der Waals surface area contributed by atoms with E-state index < -0.39 is 6.10 Å². The first kappa shape index (κ1) is 12.3. The Hall–Kier alpha value is -1.73. The number of ether oxygens (including phenoxy) is 2. The van der Waals surface area contributed by atoms with Crippen molar-refractivity contribution < 1.29 is 9.47 Å². The molecule has 0 aliphatic carbocycles. The summed E-state index contributed by atoms with van der Waals surface area (Å²) in [5.74, 6) is 1.41. The van der Waals surface area contributed by atoms with Crippen molar-refractivity contribution in [3.63, 3.8) is 0 Å². The number of hydrogen-bond donors (Lipinski definition) is 1. The quantitative estimate of drug-likeness (QED) is 0.820. The minimum atomic E-state index is -0.470. The number of rotatable bonds is 5. The molecule has 16 heavy (non-hydrogen) atoms. The summed E-state index contributed by atoms with van der Waals surface area (Å²) in [4.78, 5) is 0. The van der Waals surface area contributed by atoms with Gasteiger partial charge in [-0.15, -0.1) is 0 Å². The molecule has 0 aliphatic heterocycles. The van der Waals surface area contributed by atoms with Crippen LogP contribution in [-0.4, -0.2) is 20.3 Å². The minimum absolute atomic E-state index is 0.470. The second-order valence-electron chi connectivity index (χ2n) is 3.39. The Morgan fingerprint density at radius 3 is 2.81 bits per heavy atom. The van der Waals surface area contributed by atoms with Gasteiger partial charge in [-0.05, 0) is 20.0 Å². The number of methoxy groups -OCH3 is 1. The van der Waals surface area contributed by atoms with E-state index in [0.717, 1.165) is 11.3 Å². The Bertz CT molecular complexity index is 385. The van der Waals surface area contributed by atoms with Crippen LogP contribution in [0.15, 0.2) is 18.2 Å². The lowest BCUT2D eigenvalue weighted by atomic mass is 10.2. The maximum atomic E-state index is 8.72. The molecule has 1 aromatic rings. The van der Waals surface area contributed by atoms with Crippen LogP contribution in [-0.2, 0) is 6.54 Å². The van der Waals surface area contributed by atoms with Crippen LogP contribution in [0.3, 0.4) is 0 Å². The molecule has 1 aromatic carbocycles. The van der Waals surface area contributed by atoms with Crippen LogP contribution in [0, 0.1) is 11.3 Å². The van der Waals surface area contributed by atoms with Gasteiger partial charge in [0, 0.05) is 18.2 Å². The van der Waals surface area contributed by atoms with Crippen LogP contribution in [0.25, 0.3) is 0 Å². The van der Waals surface area contributed by atoms with Crippen molar-refractivity contribution >= 4 is 0 Å². The van der Waals surface area contributed by atoms with E-state index in [1.807, 2.05) is 25.2 Å². The summed E-state index contributed by atoms with van der Waals surface area (Å²) >= 11 is 0. The topological polar surface area (TPSA) is 54.3 Å². The van der Waals surface area contributed by atoms with E-state index in [0.29, 0.717) is 12.3 Å². The minimum Gasteiger partial charge on any atom is -0.497 e. The second-order valence-corrected chi connectivity index (χ2v) is 3.39. The Kier molecular flexibility index (Phi) is 4.62. The smallest absolute Gasteiger partial charge is 0.181 e. The van der Waals surface area contributed by atoms with Crippen molar-refractivity contribution in [3.8, 4) is 17.6 Å². The van der Waals surface area contributed by atoms with Crippen molar-refractivity contribution in [1.82, 2.24) is 5.32 Å². The molecule has 0 amide bonds. The first-order valence-corrected chi connectivity index (χ1v) is 5.09. The predicted molar refractivity (Wildman–Crippen MR) is 61.5 cm³/mol. The molecule has 1 atom stereocenters. The van der Waals surface area contributed by atoms with E-state index in [1.54, 1.807) is 20.1 Å². The zero-order valence-electron chi connectivity index (χ0n) is 9.78. The van der Waals surface area contributed by atoms with Gasteiger partial charge in [0.2, 0.25) is 0 Å². The summed E-state index contributed by atoms with van der Waals surface area (Å²) < 4.78 is 10.6. The van der Waals surface area contributed by atoms with Crippen LogP contribution < -0.4 is 14.8 Å². The molecule has 86 valence electrons. The molecule has 0 heterocycles. The van der Waals surface area contributed by atoms with E-state index in [1.165, 1.54) is 0 Å². The normalized spacial score (nSPS) is 11.6. The SMILES string of the molecule is CNCc1ccc(OC)cc1OC(C)C#N. The van der Waals surface area contributed by atoms with Crippen molar-refractivity contribution in [2.75, 3.05) is 14.2 Å². The number of benzene rings is 1. The molecule has 0 aliphatic rings. The lowest BCUT2D eigenvalue weighted by molar-refractivity contribution is 0.271. The largest absolute Gasteiger partial charge is 0.497 e. The van der Waals surface area contributed by atoms with E-state index in [4.69, 9.17) is 14.7 Å². The fourth-order valence-corrected chi connectivity index (χ4v) is 1.32. The molecule has 1 unspecified atom stereocenters. The summed E-state index contributed by atoms with van der Waals surface area (Å²) in [5, 5.41) is 11.8. The van der Waals surface area contributed by atoms with Crippen molar-refractivity contribution in [1.29, 1.82) is 5.26 Å². The lowest BCUT2D eigenvalue weighted by Gasteiger charge is -2.13. The van der Waals surface area contributed by atoms with Gasteiger partial charge < -0.3 is 14.8 Å². The molecular weight excluding hydrogens is 204 g/mol. The standard InChI is InChI=1S/C12H16N2O2/c1-9(7-13)16-12-6-11(15-3)5-4-10(12)8-14-2/h4-6,9,14H,8H2,1-3H3. The van der Waals surface area contributed by atoms with Gasteiger partial charge in [0.15, 0.2) is 6.10 Å². The molecule has 1 N–H and O–H groups in total. The van der Waals surface area contributed by atoms with E-state index in [9.17, 15) is 0 Å². The molecule has 4 heteroatoms. The highest BCUT2D eigenvalue weighted by Crippen LogP contribution is 2.25. The van der Waals surface area contributed by atoms with Crippen molar-refractivity contribution in [2.45, 2.75) is 19.6 Å². The third kappa shape index (κ3) is 3.14. The summed E-state index contributed by atoms with van der Waals surface area (Å²) in [7, 11) is 3.46. The van der Waals surface area contributed by atoms with Gasteiger partial charge in [0.05, 0.1) is 7.11 Å². The summed E-state index contributed by atoms with van der Waals surface area (Å²) in [6.07, 6.45) is -0.470. The van der Waals surface area contributed by atoms with Crippen molar-refractivity contribution in [2.24, 2.45) is 0 Å². The predicted octanol–water partition coefficient (Wildman–Crippen LogP) is 1.71. The number of nitriles is 1. The Labute approximate surface area is 95.8 Å². The average molecular weight is 220 g/mol. The summed E-state index contributed by atoms with van der Waals surface area (Å²) in [5.41, 5.74) is 1.01. The molecule has 0 saturated carbocycles. The van der Waals surface area contributed by atoms with E-state index >= 15 is 0 Å². The molecule has 0 radical (unpaired) electrons. The molecular formula is C12H16N2O2. The number of hydrogen-bond acceptors (Lipinski definition) is 4. The van der Waals surface area contributed by atoms with Gasteiger partial charge in [-0.25, -0.2) is 0 Å². The van der Waals surface area contributed by atoms with E-state index in [2.05, 4.69) is 5.32 Å². The Morgan fingerprint density at radius 1 is 1.50 bits per heavy atom. The molecule has 0 bridgehead atoms. The van der Waals surface area contributed by atoms with Gasteiger partial charge in [0.1, 0.15) is 17.6 Å². The Balaban J connectivity index is 2.96. The second kappa shape index (κ2) is 5.99. The maximum absolute atomic E-state index is 8.72. The maximum Gasteiger partial charge on any atom is 0.181 e. The monoisotopic (exact) mass is 220 g/mol. The van der Waals surface area contributed by atoms with E-state index in [-0.39, 0.29) is 0 Å². The van der Waals surface area contributed by atoms with Crippen LogP contribution in [0.4, 0.5) is 0 Å². The summed E-state index contributed by atoms with van der Waals surface area (Å²) in [6.45, 7) is 2.40. The molecule has 0 aromatic heterocycles. The molecule has 4 nitrogen and oxygen atoms in total. The fourth-order valence-electron chi connectivity index (χ4n) is 1.32. The Morgan fingerprint density at radius 2 is 2.25 bits per heavy atom. The van der Waals surface area contributed by atoms with Gasteiger partial charge in [-0.1, -0.05) is 6.07 Å². The molecule has 1 rings (SSSR count). The highest BCUT2D eigenvalue weighted by Gasteiger charge is 2.08. The summed E-state index contributed by atoms with van der Waals surface area (Å²) in [6, 6.07) is 7.63. The third-order valence-electron chi connectivity index (χ3n) is 2.13. The van der Waals surface area contributed by atoms with Gasteiger partial charge >= 0.3 is 0 Å². The average Bonchev–Trinajstić information content (AvgIpc) is 2.31. The molecule has 0 spiro atoms. The fraction of sp³-hybridized carbons (Fsp3) is 0.417. The van der Waals surface area contributed by atoms with Crippen LogP contribution >= 0.6 is 0 Å². The zero-order valence-corrected chi connectivity index (χ0v) is 9.78. The van der Waals surface area contributed by atoms with Crippen LogP contribution in [0.2, 0.25) is 0 Å². The lowest BCUT2D eigenvalue weighted by Crippen LogP contribution is -2.12. The highest BCUT2D eigenvalue weighted by atomic mass is 16.5. The van der Waals surface area contributed by atoms with Crippen LogP contribution in [0.1, 0.15) is 12.5 Å². The van der Waals surface area contributed by atoms with Crippen LogP contribution in [0.5, 0.6) is 11.5 Å². The van der Waals surface area contributed by atoms with Gasteiger partial charge in [0.25, 0.3) is 0 Å². The van der Waals surface area contributed by atoms with Gasteiger partial charge in [-0.3, -0.25) is 0 Å². The van der Waals surface area contributed by atoms with Crippen molar-refractivity contribution in [3.05, 3.63) is 23.8 Å².